The molecule has 1 saturated heterocycles. The molecule has 0 bridgehead atoms. The highest BCUT2D eigenvalue weighted by molar-refractivity contribution is 7.99. The zero-order valence-electron chi connectivity index (χ0n) is 10.9. The molecule has 1 fully saturated rings. The largest absolute Gasteiger partial charge is 0.481 e. The van der Waals surface area contributed by atoms with Gasteiger partial charge in [-0.2, -0.15) is 11.8 Å². The van der Waals surface area contributed by atoms with Gasteiger partial charge in [0, 0.05) is 12.5 Å². The van der Waals surface area contributed by atoms with Crippen LogP contribution in [0.2, 0.25) is 0 Å². The van der Waals surface area contributed by atoms with Crippen molar-refractivity contribution in [1.82, 2.24) is 4.90 Å². The lowest BCUT2D eigenvalue weighted by Gasteiger charge is -2.35. The van der Waals surface area contributed by atoms with Crippen LogP contribution in [0.5, 0.6) is 0 Å². The van der Waals surface area contributed by atoms with Crippen molar-refractivity contribution in [2.45, 2.75) is 51.5 Å². The van der Waals surface area contributed by atoms with Crippen molar-refractivity contribution in [1.29, 1.82) is 0 Å². The molecule has 1 aliphatic rings. The van der Waals surface area contributed by atoms with Gasteiger partial charge in [0.05, 0.1) is 0 Å². The summed E-state index contributed by atoms with van der Waals surface area (Å²) in [5.41, 5.74) is 0. The second-order valence-corrected chi connectivity index (χ2v) is 6.06. The summed E-state index contributed by atoms with van der Waals surface area (Å²) in [6, 6.07) is 0.520. The summed E-state index contributed by atoms with van der Waals surface area (Å²) in [5, 5.41) is 8.75. The lowest BCUT2D eigenvalue weighted by Crippen LogP contribution is -2.40. The Kier molecular flexibility index (Phi) is 7.69. The average Bonchev–Trinajstić information content (AvgIpc) is 2.33. The Labute approximate surface area is 109 Å². The van der Waals surface area contributed by atoms with Gasteiger partial charge in [0.2, 0.25) is 0 Å². The minimum Gasteiger partial charge on any atom is -0.481 e. The van der Waals surface area contributed by atoms with E-state index in [4.69, 9.17) is 5.11 Å². The third kappa shape index (κ3) is 6.32. The van der Waals surface area contributed by atoms with E-state index in [2.05, 4.69) is 11.8 Å². The van der Waals surface area contributed by atoms with E-state index >= 15 is 0 Å². The minimum atomic E-state index is -0.655. The molecule has 0 aliphatic carbocycles. The molecule has 3 nitrogen and oxygen atoms in total. The van der Waals surface area contributed by atoms with Crippen LogP contribution in [0.4, 0.5) is 0 Å². The lowest BCUT2D eigenvalue weighted by molar-refractivity contribution is -0.137. The normalized spacial score (nSPS) is 21.6. The van der Waals surface area contributed by atoms with Gasteiger partial charge in [-0.1, -0.05) is 13.3 Å². The first-order chi connectivity index (χ1) is 8.24. The number of nitrogens with zero attached hydrogens (tertiary/aromatic N) is 1. The summed E-state index contributed by atoms with van der Waals surface area (Å²) in [4.78, 5) is 13.1. The molecule has 0 aromatic rings. The van der Waals surface area contributed by atoms with Crippen molar-refractivity contribution in [2.24, 2.45) is 0 Å². The van der Waals surface area contributed by atoms with Crippen molar-refractivity contribution in [3.05, 3.63) is 0 Å². The van der Waals surface area contributed by atoms with Crippen LogP contribution in [0.3, 0.4) is 0 Å². The molecular formula is C13H25NO2S. The number of rotatable bonds is 8. The van der Waals surface area contributed by atoms with Crippen LogP contribution in [0, 0.1) is 0 Å². The monoisotopic (exact) mass is 259 g/mol. The van der Waals surface area contributed by atoms with Crippen molar-refractivity contribution < 1.29 is 9.90 Å². The van der Waals surface area contributed by atoms with E-state index in [1.54, 1.807) is 0 Å². The van der Waals surface area contributed by atoms with Gasteiger partial charge in [0.15, 0.2) is 0 Å². The molecular weight excluding hydrogens is 234 g/mol. The number of carboxylic acids is 1. The van der Waals surface area contributed by atoms with Crippen LogP contribution in [-0.2, 0) is 4.79 Å². The third-order valence-electron chi connectivity index (χ3n) is 3.38. The van der Waals surface area contributed by atoms with E-state index in [0.29, 0.717) is 12.5 Å². The Hall–Kier alpha value is -0.220. The molecule has 1 heterocycles. The molecule has 0 aromatic carbocycles. The first-order valence-corrected chi connectivity index (χ1v) is 7.93. The van der Waals surface area contributed by atoms with Crippen LogP contribution in [0.1, 0.15) is 45.4 Å². The number of hydrogen-bond donors (Lipinski definition) is 1. The molecule has 0 aromatic heterocycles. The first kappa shape index (κ1) is 14.8. The fraction of sp³-hybridized carbons (Fsp3) is 0.923. The molecule has 4 heteroatoms. The summed E-state index contributed by atoms with van der Waals surface area (Å²) in [7, 11) is 0. The Balaban J connectivity index is 2.24. The molecule has 1 rings (SSSR count). The Morgan fingerprint density at radius 1 is 1.47 bits per heavy atom. The standard InChI is InChI=1S/C13H25NO2S/c1-2-17-11-5-10-14-9-4-3-6-12(14)7-8-13(15)16/h12H,2-11H2,1H3,(H,15,16). The van der Waals surface area contributed by atoms with E-state index < -0.39 is 5.97 Å². The molecule has 100 valence electrons. The van der Waals surface area contributed by atoms with Gasteiger partial charge in [-0.15, -0.1) is 0 Å². The van der Waals surface area contributed by atoms with Crippen LogP contribution in [-0.4, -0.2) is 46.6 Å². The summed E-state index contributed by atoms with van der Waals surface area (Å²) >= 11 is 2.00. The lowest BCUT2D eigenvalue weighted by atomic mass is 9.98. The van der Waals surface area contributed by atoms with E-state index in [-0.39, 0.29) is 0 Å². The topological polar surface area (TPSA) is 40.5 Å². The SMILES string of the molecule is CCSCCCN1CCCCC1CCC(=O)O. The van der Waals surface area contributed by atoms with Crippen LogP contribution >= 0.6 is 11.8 Å². The van der Waals surface area contributed by atoms with Crippen molar-refractivity contribution in [2.75, 3.05) is 24.6 Å². The second kappa shape index (κ2) is 8.81. The van der Waals surface area contributed by atoms with Gasteiger partial charge >= 0.3 is 5.97 Å². The first-order valence-electron chi connectivity index (χ1n) is 6.77. The summed E-state index contributed by atoms with van der Waals surface area (Å²) < 4.78 is 0. The van der Waals surface area contributed by atoms with E-state index in [1.165, 1.54) is 43.7 Å². The zero-order valence-corrected chi connectivity index (χ0v) is 11.7. The van der Waals surface area contributed by atoms with Crippen LogP contribution in [0.25, 0.3) is 0 Å². The molecule has 0 radical (unpaired) electrons. The molecule has 0 saturated carbocycles. The average molecular weight is 259 g/mol. The van der Waals surface area contributed by atoms with Gasteiger partial charge in [-0.05, 0) is 50.3 Å². The van der Waals surface area contributed by atoms with Crippen LogP contribution < -0.4 is 0 Å². The number of hydrogen-bond acceptors (Lipinski definition) is 3. The third-order valence-corrected chi connectivity index (χ3v) is 4.36. The predicted molar refractivity (Wildman–Crippen MR) is 73.7 cm³/mol. The van der Waals surface area contributed by atoms with E-state index in [0.717, 1.165) is 13.0 Å². The van der Waals surface area contributed by atoms with Crippen molar-refractivity contribution >= 4 is 17.7 Å². The van der Waals surface area contributed by atoms with E-state index in [1.807, 2.05) is 11.8 Å². The fourth-order valence-electron chi connectivity index (χ4n) is 2.49. The fourth-order valence-corrected chi connectivity index (χ4v) is 3.11. The van der Waals surface area contributed by atoms with Crippen LogP contribution in [0.15, 0.2) is 0 Å². The Bertz CT molecular complexity index is 223. The van der Waals surface area contributed by atoms with Gasteiger partial charge in [-0.3, -0.25) is 4.79 Å². The summed E-state index contributed by atoms with van der Waals surface area (Å²) in [6.45, 7) is 4.51. The number of carbonyl (C=O) groups is 1. The number of aliphatic carboxylic acids is 1. The van der Waals surface area contributed by atoms with Crippen molar-refractivity contribution in [3.8, 4) is 0 Å². The highest BCUT2D eigenvalue weighted by atomic mass is 32.2. The molecule has 1 atom stereocenters. The van der Waals surface area contributed by atoms with Gasteiger partial charge in [-0.25, -0.2) is 0 Å². The van der Waals surface area contributed by atoms with Gasteiger partial charge < -0.3 is 10.0 Å². The number of piperidine rings is 1. The maximum Gasteiger partial charge on any atom is 0.303 e. The number of likely N-dealkylation sites (tertiary alicyclic amines) is 1. The minimum absolute atomic E-state index is 0.324. The maximum atomic E-state index is 10.6. The smallest absolute Gasteiger partial charge is 0.303 e. The molecule has 1 unspecified atom stereocenters. The Morgan fingerprint density at radius 2 is 2.29 bits per heavy atom. The Morgan fingerprint density at radius 3 is 3.00 bits per heavy atom. The van der Waals surface area contributed by atoms with Crippen molar-refractivity contribution in [3.63, 3.8) is 0 Å². The van der Waals surface area contributed by atoms with Gasteiger partial charge in [0.25, 0.3) is 0 Å². The zero-order chi connectivity index (χ0) is 12.5. The summed E-state index contributed by atoms with van der Waals surface area (Å²) in [5.74, 6) is 1.78. The molecule has 0 amide bonds. The van der Waals surface area contributed by atoms with E-state index in [9.17, 15) is 4.79 Å². The van der Waals surface area contributed by atoms with Gasteiger partial charge in [0.1, 0.15) is 0 Å². The highest BCUT2D eigenvalue weighted by Gasteiger charge is 2.22. The maximum absolute atomic E-state index is 10.6. The molecule has 1 aliphatic heterocycles. The predicted octanol–water partition coefficient (Wildman–Crippen LogP) is 2.85. The second-order valence-electron chi connectivity index (χ2n) is 4.67. The number of carboxylic acid groups (broad SMARTS) is 1. The quantitative estimate of drug-likeness (QED) is 0.681. The molecule has 1 N–H and O–H groups in total. The molecule has 0 spiro atoms. The molecule has 17 heavy (non-hydrogen) atoms. The summed E-state index contributed by atoms with van der Waals surface area (Å²) in [6.07, 6.45) is 6.13. The highest BCUT2D eigenvalue weighted by Crippen LogP contribution is 2.21. The number of thioether (sulfide) groups is 1.